The van der Waals surface area contributed by atoms with Gasteiger partial charge >= 0.3 is 6.03 Å². The molecule has 0 atom stereocenters. The summed E-state index contributed by atoms with van der Waals surface area (Å²) in [4.78, 5) is 13.5. The lowest BCUT2D eigenvalue weighted by atomic mass is 10.1. The fourth-order valence-electron chi connectivity index (χ4n) is 1.73. The van der Waals surface area contributed by atoms with Crippen LogP contribution in [0.2, 0.25) is 0 Å². The van der Waals surface area contributed by atoms with Crippen molar-refractivity contribution in [2.24, 2.45) is 0 Å². The molecule has 0 saturated heterocycles. The third-order valence-corrected chi connectivity index (χ3v) is 2.92. The van der Waals surface area contributed by atoms with Crippen LogP contribution >= 0.6 is 0 Å². The molecule has 0 aliphatic heterocycles. The highest BCUT2D eigenvalue weighted by Gasteiger charge is 2.07. The average molecular weight is 274 g/mol. The Morgan fingerprint density at radius 2 is 1.90 bits per heavy atom. The van der Waals surface area contributed by atoms with Gasteiger partial charge in [0.1, 0.15) is 0 Å². The number of amides is 2. The van der Waals surface area contributed by atoms with E-state index in [1.54, 1.807) is 4.90 Å². The monoisotopic (exact) mass is 274 g/mol. The van der Waals surface area contributed by atoms with Gasteiger partial charge in [-0.15, -0.1) is 0 Å². The van der Waals surface area contributed by atoms with Gasteiger partial charge in [-0.1, -0.05) is 24.0 Å². The summed E-state index contributed by atoms with van der Waals surface area (Å²) in [5, 5.41) is 11.5. The first-order chi connectivity index (χ1) is 9.71. The summed E-state index contributed by atoms with van der Waals surface area (Å²) in [5.74, 6) is 5.84. The highest BCUT2D eigenvalue weighted by atomic mass is 16.2. The van der Waals surface area contributed by atoms with Gasteiger partial charge in [0.25, 0.3) is 0 Å². The number of nitrogens with zero attached hydrogens (tertiary/aromatic N) is 1. The molecule has 0 bridgehead atoms. The molecule has 0 heterocycles. The van der Waals surface area contributed by atoms with E-state index in [2.05, 4.69) is 17.2 Å². The minimum atomic E-state index is -0.0400. The van der Waals surface area contributed by atoms with Gasteiger partial charge < -0.3 is 15.3 Å². The first kappa shape index (κ1) is 16.1. The summed E-state index contributed by atoms with van der Waals surface area (Å²) in [6, 6.07) is 7.70. The molecule has 4 nitrogen and oxygen atoms in total. The Morgan fingerprint density at radius 1 is 1.25 bits per heavy atom. The number of nitrogens with one attached hydrogen (secondary N) is 1. The summed E-state index contributed by atoms with van der Waals surface area (Å²) in [5.41, 5.74) is 1.95. The van der Waals surface area contributed by atoms with Crippen molar-refractivity contribution in [2.45, 2.75) is 26.8 Å². The van der Waals surface area contributed by atoms with Gasteiger partial charge in [-0.25, -0.2) is 4.79 Å². The topological polar surface area (TPSA) is 52.6 Å². The number of aliphatic hydroxyl groups is 1. The van der Waals surface area contributed by atoms with Crippen LogP contribution in [0.4, 0.5) is 4.79 Å². The molecule has 20 heavy (non-hydrogen) atoms. The van der Waals surface area contributed by atoms with Gasteiger partial charge in [-0.05, 0) is 31.5 Å². The van der Waals surface area contributed by atoms with Gasteiger partial charge in [0, 0.05) is 31.6 Å². The molecule has 0 unspecified atom stereocenters. The second-order valence-electron chi connectivity index (χ2n) is 4.30. The van der Waals surface area contributed by atoms with Crippen LogP contribution in [-0.4, -0.2) is 35.7 Å². The Hall–Kier alpha value is -1.99. The van der Waals surface area contributed by atoms with Crippen molar-refractivity contribution in [3.8, 4) is 11.8 Å². The molecule has 0 aromatic heterocycles. The summed E-state index contributed by atoms with van der Waals surface area (Å²) in [7, 11) is 0. The number of aliphatic hydroxyl groups excluding tert-OH is 1. The molecule has 1 aromatic carbocycles. The number of urea groups is 1. The number of carbonyl (C=O) groups excluding carboxylic acids is 1. The van der Waals surface area contributed by atoms with Gasteiger partial charge in [0.15, 0.2) is 0 Å². The van der Waals surface area contributed by atoms with Gasteiger partial charge in [0.05, 0.1) is 6.61 Å². The van der Waals surface area contributed by atoms with Gasteiger partial charge in [-0.2, -0.15) is 0 Å². The molecular formula is C16H22N2O2. The quantitative estimate of drug-likeness (QED) is 0.807. The second-order valence-corrected chi connectivity index (χ2v) is 4.30. The third-order valence-electron chi connectivity index (χ3n) is 2.92. The molecule has 1 rings (SSSR count). The molecule has 0 aliphatic rings. The van der Waals surface area contributed by atoms with Crippen LogP contribution in [0.15, 0.2) is 24.3 Å². The van der Waals surface area contributed by atoms with E-state index < -0.39 is 0 Å². The van der Waals surface area contributed by atoms with Crippen LogP contribution in [0.5, 0.6) is 0 Å². The zero-order chi connectivity index (χ0) is 14.8. The van der Waals surface area contributed by atoms with Crippen LogP contribution in [0.1, 0.15) is 31.4 Å². The number of hydrogen-bond acceptors (Lipinski definition) is 2. The number of carbonyl (C=O) groups is 1. The van der Waals surface area contributed by atoms with E-state index in [4.69, 9.17) is 5.11 Å². The van der Waals surface area contributed by atoms with E-state index in [0.29, 0.717) is 26.1 Å². The Labute approximate surface area is 120 Å². The van der Waals surface area contributed by atoms with E-state index in [0.717, 1.165) is 11.1 Å². The standard InChI is InChI=1S/C16H22N2O2/c1-3-18(4-2)16(20)17-13-15-10-8-14(9-11-15)7-5-6-12-19/h8-11,19H,3-4,6,12-13H2,1-2H3,(H,17,20). The summed E-state index contributed by atoms with van der Waals surface area (Å²) in [6.45, 7) is 5.94. The molecule has 2 N–H and O–H groups in total. The van der Waals surface area contributed by atoms with Crippen molar-refractivity contribution in [1.82, 2.24) is 10.2 Å². The minimum Gasteiger partial charge on any atom is -0.395 e. The Bertz CT molecular complexity index is 467. The van der Waals surface area contributed by atoms with Crippen LogP contribution in [-0.2, 0) is 6.54 Å². The summed E-state index contributed by atoms with van der Waals surface area (Å²) < 4.78 is 0. The number of hydrogen-bond donors (Lipinski definition) is 2. The van der Waals surface area contributed by atoms with Crippen molar-refractivity contribution in [3.05, 3.63) is 35.4 Å². The Morgan fingerprint density at radius 3 is 2.45 bits per heavy atom. The van der Waals surface area contributed by atoms with Crippen molar-refractivity contribution >= 4 is 6.03 Å². The Kier molecular flexibility index (Phi) is 7.23. The smallest absolute Gasteiger partial charge is 0.317 e. The third kappa shape index (κ3) is 5.33. The lowest BCUT2D eigenvalue weighted by Crippen LogP contribution is -2.39. The normalized spacial score (nSPS) is 9.55. The molecule has 4 heteroatoms. The average Bonchev–Trinajstić information content (AvgIpc) is 2.48. The van der Waals surface area contributed by atoms with Crippen molar-refractivity contribution < 1.29 is 9.90 Å². The molecule has 0 saturated carbocycles. The number of benzene rings is 1. The maximum Gasteiger partial charge on any atom is 0.317 e. The molecule has 1 aromatic rings. The van der Waals surface area contributed by atoms with E-state index in [-0.39, 0.29) is 12.6 Å². The lowest BCUT2D eigenvalue weighted by molar-refractivity contribution is 0.203. The second kappa shape index (κ2) is 9.00. The zero-order valence-electron chi connectivity index (χ0n) is 12.1. The summed E-state index contributed by atoms with van der Waals surface area (Å²) in [6.07, 6.45) is 0.488. The van der Waals surface area contributed by atoms with Gasteiger partial charge in [0.2, 0.25) is 0 Å². The molecular weight excluding hydrogens is 252 g/mol. The van der Waals surface area contributed by atoms with E-state index in [1.807, 2.05) is 38.1 Å². The van der Waals surface area contributed by atoms with Crippen LogP contribution in [0, 0.1) is 11.8 Å². The predicted molar refractivity (Wildman–Crippen MR) is 80.2 cm³/mol. The van der Waals surface area contributed by atoms with E-state index >= 15 is 0 Å². The van der Waals surface area contributed by atoms with Crippen molar-refractivity contribution in [1.29, 1.82) is 0 Å². The fraction of sp³-hybridized carbons (Fsp3) is 0.438. The fourth-order valence-corrected chi connectivity index (χ4v) is 1.73. The van der Waals surface area contributed by atoms with E-state index in [9.17, 15) is 4.79 Å². The zero-order valence-corrected chi connectivity index (χ0v) is 12.1. The first-order valence-electron chi connectivity index (χ1n) is 6.92. The maximum absolute atomic E-state index is 11.8. The van der Waals surface area contributed by atoms with Crippen LogP contribution in [0.25, 0.3) is 0 Å². The Balaban J connectivity index is 2.50. The summed E-state index contributed by atoms with van der Waals surface area (Å²) >= 11 is 0. The first-order valence-corrected chi connectivity index (χ1v) is 6.92. The lowest BCUT2D eigenvalue weighted by Gasteiger charge is -2.19. The minimum absolute atomic E-state index is 0.0400. The largest absolute Gasteiger partial charge is 0.395 e. The molecule has 0 fully saturated rings. The van der Waals surface area contributed by atoms with Crippen LogP contribution in [0.3, 0.4) is 0 Å². The maximum atomic E-state index is 11.8. The highest BCUT2D eigenvalue weighted by Crippen LogP contribution is 2.03. The van der Waals surface area contributed by atoms with Gasteiger partial charge in [-0.3, -0.25) is 0 Å². The number of rotatable bonds is 5. The van der Waals surface area contributed by atoms with Crippen molar-refractivity contribution in [3.63, 3.8) is 0 Å². The van der Waals surface area contributed by atoms with E-state index in [1.165, 1.54) is 0 Å². The SMILES string of the molecule is CCN(CC)C(=O)NCc1ccc(C#CCCO)cc1. The molecule has 0 radical (unpaired) electrons. The highest BCUT2D eigenvalue weighted by molar-refractivity contribution is 5.74. The predicted octanol–water partition coefficient (Wildman–Crippen LogP) is 1.97. The molecule has 0 aliphatic carbocycles. The molecule has 108 valence electrons. The van der Waals surface area contributed by atoms with Crippen LogP contribution < -0.4 is 5.32 Å². The van der Waals surface area contributed by atoms with Crippen molar-refractivity contribution in [2.75, 3.05) is 19.7 Å². The molecule has 2 amide bonds. The molecule has 0 spiro atoms.